The number of carboxylic acid groups (broad SMARTS) is 2. The molecule has 3 aromatic carbocycles. The van der Waals surface area contributed by atoms with E-state index in [0.29, 0.717) is 13.0 Å². The number of amides is 1. The number of hydrogen-bond donors (Lipinski definition) is 2. The normalized spacial score (nSPS) is 14.9. The number of carbonyl (C=O) groups excluding carboxylic acids is 1. The number of hydrogen-bond acceptors (Lipinski definition) is 5. The molecule has 208 valence electrons. The molecule has 0 aromatic heterocycles. The molecule has 8 heteroatoms. The van der Waals surface area contributed by atoms with Crippen LogP contribution in [-0.2, 0) is 33.8 Å². The largest absolute Gasteiger partial charge is 0.473 e. The number of fused-ring (bicyclic) bond motifs is 1. The minimum atomic E-state index is -1.82. The van der Waals surface area contributed by atoms with Gasteiger partial charge in [-0.2, -0.15) is 0 Å². The average molecular weight is 542 g/mol. The Hall–Kier alpha value is -4.59. The molecule has 0 spiro atoms. The van der Waals surface area contributed by atoms with Gasteiger partial charge in [0.15, 0.2) is 0 Å². The topological polar surface area (TPSA) is 101 Å². The first-order valence-corrected chi connectivity index (χ1v) is 13.4. The monoisotopic (exact) mass is 541 g/mol. The lowest BCUT2D eigenvalue weighted by atomic mass is 9.97. The lowest BCUT2D eigenvalue weighted by Gasteiger charge is -2.35. The van der Waals surface area contributed by atoms with E-state index >= 15 is 0 Å². The number of nitrogens with zero attached hydrogens (tertiary/aromatic N) is 3. The molecule has 1 saturated heterocycles. The van der Waals surface area contributed by atoms with Crippen LogP contribution >= 0.6 is 0 Å². The van der Waals surface area contributed by atoms with Crippen LogP contribution in [-0.4, -0.2) is 59.1 Å². The molecule has 0 saturated carbocycles. The number of aryl methyl sites for hydroxylation is 2. The van der Waals surface area contributed by atoms with Gasteiger partial charge in [0.2, 0.25) is 5.91 Å². The van der Waals surface area contributed by atoms with E-state index in [1.165, 1.54) is 27.9 Å². The number of aliphatic carboxylic acids is 2. The summed E-state index contributed by atoms with van der Waals surface area (Å²) in [4.78, 5) is 37.7. The molecule has 0 aliphatic carbocycles. The zero-order chi connectivity index (χ0) is 28.5. The van der Waals surface area contributed by atoms with Gasteiger partial charge >= 0.3 is 11.9 Å². The first-order chi connectivity index (χ1) is 19.3. The van der Waals surface area contributed by atoms with Crippen molar-refractivity contribution in [2.75, 3.05) is 36.0 Å². The summed E-state index contributed by atoms with van der Waals surface area (Å²) in [5, 5.41) is 14.8. The number of piperazine rings is 1. The minimum absolute atomic E-state index is 0.216. The second kappa shape index (κ2) is 13.5. The molecular weight excluding hydrogens is 506 g/mol. The van der Waals surface area contributed by atoms with Gasteiger partial charge in [-0.05, 0) is 66.4 Å². The zero-order valence-corrected chi connectivity index (χ0v) is 22.7. The van der Waals surface area contributed by atoms with E-state index in [0.717, 1.165) is 44.7 Å². The van der Waals surface area contributed by atoms with Gasteiger partial charge in [0.05, 0.1) is 6.54 Å². The molecule has 2 heterocycles. The Morgan fingerprint density at radius 1 is 0.825 bits per heavy atom. The van der Waals surface area contributed by atoms with E-state index in [1.54, 1.807) is 0 Å². The van der Waals surface area contributed by atoms with Crippen molar-refractivity contribution in [1.82, 2.24) is 4.90 Å². The average Bonchev–Trinajstić information content (AvgIpc) is 2.96. The molecule has 1 amide bonds. The third kappa shape index (κ3) is 7.72. The van der Waals surface area contributed by atoms with Crippen LogP contribution in [0, 0.1) is 6.92 Å². The second-order valence-electron chi connectivity index (χ2n) is 9.99. The number of benzene rings is 3. The number of anilines is 2. The lowest BCUT2D eigenvalue weighted by Crippen LogP contribution is -2.44. The van der Waals surface area contributed by atoms with Crippen LogP contribution in [0.2, 0.25) is 0 Å². The van der Waals surface area contributed by atoms with Crippen molar-refractivity contribution in [1.29, 1.82) is 0 Å². The highest BCUT2D eigenvalue weighted by Gasteiger charge is 2.24. The molecule has 0 unspecified atom stereocenters. The minimum Gasteiger partial charge on any atom is -0.473 e. The van der Waals surface area contributed by atoms with Crippen LogP contribution in [0.5, 0.6) is 0 Å². The molecule has 1 fully saturated rings. The second-order valence-corrected chi connectivity index (χ2v) is 9.99. The molecule has 2 aliphatic heterocycles. The first kappa shape index (κ1) is 28.4. The van der Waals surface area contributed by atoms with Gasteiger partial charge in [0.1, 0.15) is 0 Å². The Bertz CT molecular complexity index is 1350. The SMILES string of the molecule is Cc1cccc(N2CCN(/C=C/Cc3ccc4c(c3)CCC(=O)N4Cc3ccccc3)CC2)c1.O=C(O)C(=O)O. The van der Waals surface area contributed by atoms with Crippen molar-refractivity contribution in [3.63, 3.8) is 0 Å². The Labute approximate surface area is 234 Å². The van der Waals surface area contributed by atoms with Gasteiger partial charge in [-0.15, -0.1) is 0 Å². The van der Waals surface area contributed by atoms with E-state index in [4.69, 9.17) is 19.8 Å². The van der Waals surface area contributed by atoms with Crippen LogP contribution in [0.1, 0.15) is 28.7 Å². The molecular formula is C32H35N3O5. The molecule has 5 rings (SSSR count). The van der Waals surface area contributed by atoms with Crippen LogP contribution < -0.4 is 9.80 Å². The van der Waals surface area contributed by atoms with Crippen molar-refractivity contribution in [3.05, 3.63) is 107 Å². The highest BCUT2D eigenvalue weighted by Crippen LogP contribution is 2.30. The third-order valence-electron chi connectivity index (χ3n) is 7.06. The number of carbonyl (C=O) groups is 3. The Kier molecular flexibility index (Phi) is 9.57. The van der Waals surface area contributed by atoms with Crippen LogP contribution in [0.15, 0.2) is 85.1 Å². The van der Waals surface area contributed by atoms with Gasteiger partial charge in [-0.25, -0.2) is 9.59 Å². The third-order valence-corrected chi connectivity index (χ3v) is 7.06. The molecule has 2 N–H and O–H groups in total. The fraction of sp³-hybridized carbons (Fsp3) is 0.281. The van der Waals surface area contributed by atoms with Crippen molar-refractivity contribution in [2.45, 2.75) is 32.7 Å². The highest BCUT2D eigenvalue weighted by molar-refractivity contribution is 6.27. The van der Waals surface area contributed by atoms with Crippen LogP contribution in [0.3, 0.4) is 0 Å². The van der Waals surface area contributed by atoms with Gasteiger partial charge in [0, 0.05) is 44.0 Å². The van der Waals surface area contributed by atoms with E-state index in [-0.39, 0.29) is 5.91 Å². The summed E-state index contributed by atoms with van der Waals surface area (Å²) in [7, 11) is 0. The molecule has 0 radical (unpaired) electrons. The molecule has 0 atom stereocenters. The predicted octanol–water partition coefficient (Wildman–Crippen LogP) is 4.51. The maximum atomic E-state index is 12.6. The predicted molar refractivity (Wildman–Crippen MR) is 155 cm³/mol. The van der Waals surface area contributed by atoms with Crippen molar-refractivity contribution in [3.8, 4) is 0 Å². The van der Waals surface area contributed by atoms with Crippen molar-refractivity contribution in [2.24, 2.45) is 0 Å². The molecule has 40 heavy (non-hydrogen) atoms. The number of rotatable bonds is 6. The van der Waals surface area contributed by atoms with Crippen LogP contribution in [0.25, 0.3) is 0 Å². The van der Waals surface area contributed by atoms with E-state index in [1.807, 2.05) is 23.1 Å². The summed E-state index contributed by atoms with van der Waals surface area (Å²) in [6.07, 6.45) is 6.87. The zero-order valence-electron chi connectivity index (χ0n) is 22.7. The quantitative estimate of drug-likeness (QED) is 0.443. The van der Waals surface area contributed by atoms with E-state index in [9.17, 15) is 4.79 Å². The maximum Gasteiger partial charge on any atom is 0.414 e. The molecule has 8 nitrogen and oxygen atoms in total. The first-order valence-electron chi connectivity index (χ1n) is 13.4. The van der Waals surface area contributed by atoms with Gasteiger partial charge in [-0.3, -0.25) is 4.79 Å². The van der Waals surface area contributed by atoms with Gasteiger partial charge in [-0.1, -0.05) is 60.7 Å². The fourth-order valence-corrected chi connectivity index (χ4v) is 4.97. The smallest absolute Gasteiger partial charge is 0.414 e. The Morgan fingerprint density at radius 3 is 2.23 bits per heavy atom. The molecule has 2 aliphatic rings. The number of carboxylic acids is 2. The summed E-state index contributed by atoms with van der Waals surface area (Å²) >= 11 is 0. The van der Waals surface area contributed by atoms with Crippen molar-refractivity contribution < 1.29 is 24.6 Å². The highest BCUT2D eigenvalue weighted by atomic mass is 16.4. The molecule has 0 bridgehead atoms. The Morgan fingerprint density at radius 2 is 1.55 bits per heavy atom. The van der Waals surface area contributed by atoms with Gasteiger partial charge < -0.3 is 24.9 Å². The summed E-state index contributed by atoms with van der Waals surface area (Å²) in [6.45, 7) is 6.99. The van der Waals surface area contributed by atoms with E-state index < -0.39 is 11.9 Å². The van der Waals surface area contributed by atoms with E-state index in [2.05, 4.69) is 83.6 Å². The van der Waals surface area contributed by atoms with Crippen LogP contribution in [0.4, 0.5) is 11.4 Å². The summed E-state index contributed by atoms with van der Waals surface area (Å²) in [5.41, 5.74) is 7.48. The lowest BCUT2D eigenvalue weighted by molar-refractivity contribution is -0.159. The Balaban J connectivity index is 0.000000557. The standard InChI is InChI=1S/C30H33N3O.C2H2O4/c1-24-7-5-11-28(21-24)32-19-17-31(18-20-32)16-6-10-25-12-14-29-27(22-25)13-15-30(34)33(29)23-26-8-3-2-4-9-26;3-1(4)2(5)6/h2-9,11-12,14,16,21-22H,10,13,15,17-20,23H2,1H3;(H,3,4)(H,5,6)/b16-6+;. The summed E-state index contributed by atoms with van der Waals surface area (Å²) in [6, 6.07) is 25.6. The summed E-state index contributed by atoms with van der Waals surface area (Å²) < 4.78 is 0. The number of allylic oxidation sites excluding steroid dienone is 1. The maximum absolute atomic E-state index is 12.6. The molecule has 3 aromatic rings. The van der Waals surface area contributed by atoms with Gasteiger partial charge in [0.25, 0.3) is 0 Å². The summed E-state index contributed by atoms with van der Waals surface area (Å²) in [5.74, 6) is -3.43. The fourth-order valence-electron chi connectivity index (χ4n) is 4.97. The van der Waals surface area contributed by atoms with Crippen molar-refractivity contribution >= 4 is 29.2 Å².